The van der Waals surface area contributed by atoms with Crippen LogP contribution in [0.4, 0.5) is 0 Å². The van der Waals surface area contributed by atoms with Crippen molar-refractivity contribution < 1.29 is 4.79 Å². The zero-order valence-electron chi connectivity index (χ0n) is 16.6. The van der Waals surface area contributed by atoms with Crippen LogP contribution in [0.15, 0.2) is 54.6 Å². The molecule has 28 heavy (non-hydrogen) atoms. The highest BCUT2D eigenvalue weighted by Gasteiger charge is 2.21. The first-order valence-corrected chi connectivity index (χ1v) is 10.1. The minimum Gasteiger partial charge on any atom is -0.349 e. The van der Waals surface area contributed by atoms with Crippen molar-refractivity contribution in [3.05, 3.63) is 82.7 Å². The average Bonchev–Trinajstić information content (AvgIpc) is 3.01. The molecule has 144 valence electrons. The minimum absolute atomic E-state index is 0.118. The molecule has 4 heteroatoms. The van der Waals surface area contributed by atoms with E-state index in [0.717, 1.165) is 36.3 Å². The molecule has 3 aromatic rings. The second kappa shape index (κ2) is 8.01. The molecule has 1 aliphatic carbocycles. The fourth-order valence-corrected chi connectivity index (χ4v) is 4.27. The van der Waals surface area contributed by atoms with Gasteiger partial charge in [-0.05, 0) is 68.4 Å². The Morgan fingerprint density at radius 1 is 1.11 bits per heavy atom. The second-order valence-electron chi connectivity index (χ2n) is 7.61. The molecule has 1 aliphatic rings. The molecule has 0 saturated carbocycles. The van der Waals surface area contributed by atoms with E-state index in [0.29, 0.717) is 12.8 Å². The van der Waals surface area contributed by atoms with E-state index in [1.165, 1.54) is 16.7 Å². The topological polar surface area (TPSA) is 46.9 Å². The van der Waals surface area contributed by atoms with E-state index in [1.54, 1.807) is 0 Å². The van der Waals surface area contributed by atoms with Crippen LogP contribution >= 0.6 is 0 Å². The Hall–Kier alpha value is -2.88. The van der Waals surface area contributed by atoms with Crippen LogP contribution < -0.4 is 5.32 Å². The van der Waals surface area contributed by atoms with Crippen molar-refractivity contribution >= 4 is 5.91 Å². The number of nitrogens with one attached hydrogen (secondary N) is 1. The zero-order chi connectivity index (χ0) is 19.5. The second-order valence-corrected chi connectivity index (χ2v) is 7.61. The lowest BCUT2D eigenvalue weighted by molar-refractivity contribution is -0.121. The lowest BCUT2D eigenvalue weighted by Crippen LogP contribution is -2.31. The van der Waals surface area contributed by atoms with Crippen molar-refractivity contribution in [3.8, 4) is 5.69 Å². The van der Waals surface area contributed by atoms with E-state index < -0.39 is 0 Å². The maximum absolute atomic E-state index is 12.7. The van der Waals surface area contributed by atoms with Crippen molar-refractivity contribution in [2.45, 2.75) is 52.0 Å². The van der Waals surface area contributed by atoms with Crippen molar-refractivity contribution in [2.75, 3.05) is 0 Å². The minimum atomic E-state index is 0.118. The van der Waals surface area contributed by atoms with Crippen molar-refractivity contribution in [3.63, 3.8) is 0 Å². The highest BCUT2D eigenvalue weighted by molar-refractivity contribution is 5.77. The molecule has 0 fully saturated rings. The molecule has 0 bridgehead atoms. The third-order valence-corrected chi connectivity index (χ3v) is 5.75. The number of para-hydroxylation sites is 1. The molecule has 0 unspecified atom stereocenters. The summed E-state index contributed by atoms with van der Waals surface area (Å²) < 4.78 is 1.97. The summed E-state index contributed by atoms with van der Waals surface area (Å²) >= 11 is 0. The van der Waals surface area contributed by atoms with Crippen LogP contribution in [0.25, 0.3) is 5.69 Å². The number of amides is 1. The summed E-state index contributed by atoms with van der Waals surface area (Å²) in [6.45, 7) is 4.11. The van der Waals surface area contributed by atoms with Gasteiger partial charge in [-0.1, -0.05) is 42.5 Å². The van der Waals surface area contributed by atoms with E-state index in [2.05, 4.69) is 53.7 Å². The van der Waals surface area contributed by atoms with Crippen LogP contribution in [0.5, 0.6) is 0 Å². The normalized spacial score (nSPS) is 15.9. The quantitative estimate of drug-likeness (QED) is 0.710. The van der Waals surface area contributed by atoms with E-state index in [-0.39, 0.29) is 11.9 Å². The average molecular weight is 374 g/mol. The standard InChI is InChI=1S/C24H27N3O/c1-17-21(18(2)27(26-17)20-11-4-3-5-12-20)15-16-24(28)25-23-14-8-10-19-9-6-7-13-22(19)23/h3-7,9,11-13,23H,8,10,14-16H2,1-2H3,(H,25,28)/t23-/m0/s1. The largest absolute Gasteiger partial charge is 0.349 e. The van der Waals surface area contributed by atoms with Gasteiger partial charge in [-0.2, -0.15) is 5.10 Å². The number of rotatable bonds is 5. The summed E-state index contributed by atoms with van der Waals surface area (Å²) in [6, 6.07) is 18.8. The number of fused-ring (bicyclic) bond motifs is 1. The number of carbonyl (C=O) groups excluding carboxylic acids is 1. The smallest absolute Gasteiger partial charge is 0.220 e. The Morgan fingerprint density at radius 2 is 1.86 bits per heavy atom. The van der Waals surface area contributed by atoms with Gasteiger partial charge in [0.1, 0.15) is 0 Å². The number of hydrogen-bond donors (Lipinski definition) is 1. The van der Waals surface area contributed by atoms with Gasteiger partial charge in [-0.3, -0.25) is 4.79 Å². The molecular weight excluding hydrogens is 346 g/mol. The summed E-state index contributed by atoms with van der Waals surface area (Å²) in [5.74, 6) is 0.118. The van der Waals surface area contributed by atoms with Gasteiger partial charge < -0.3 is 5.32 Å². The summed E-state index contributed by atoms with van der Waals surface area (Å²) in [5.41, 5.74) is 6.98. The summed E-state index contributed by atoms with van der Waals surface area (Å²) in [5, 5.41) is 7.95. The van der Waals surface area contributed by atoms with E-state index >= 15 is 0 Å². The molecule has 1 heterocycles. The highest BCUT2D eigenvalue weighted by Crippen LogP contribution is 2.29. The maximum atomic E-state index is 12.7. The molecule has 0 saturated heterocycles. The fourth-order valence-electron chi connectivity index (χ4n) is 4.27. The van der Waals surface area contributed by atoms with Crippen LogP contribution in [0.3, 0.4) is 0 Å². The van der Waals surface area contributed by atoms with Crippen molar-refractivity contribution in [2.24, 2.45) is 0 Å². The molecule has 4 rings (SSSR count). The van der Waals surface area contributed by atoms with Gasteiger partial charge in [0.15, 0.2) is 0 Å². The Labute approximate surface area is 166 Å². The Balaban J connectivity index is 1.43. The first kappa shape index (κ1) is 18.5. The number of nitrogens with zero attached hydrogens (tertiary/aromatic N) is 2. The molecule has 1 N–H and O–H groups in total. The van der Waals surface area contributed by atoms with Gasteiger partial charge in [0, 0.05) is 12.1 Å². The number of benzene rings is 2. The van der Waals surface area contributed by atoms with Crippen molar-refractivity contribution in [1.82, 2.24) is 15.1 Å². The molecule has 0 aliphatic heterocycles. The Kier molecular flexibility index (Phi) is 5.29. The Morgan fingerprint density at radius 3 is 2.68 bits per heavy atom. The molecule has 2 aromatic carbocycles. The highest BCUT2D eigenvalue weighted by atomic mass is 16.1. The molecule has 1 atom stereocenters. The van der Waals surface area contributed by atoms with Crippen molar-refractivity contribution in [1.29, 1.82) is 0 Å². The van der Waals surface area contributed by atoms with E-state index in [4.69, 9.17) is 0 Å². The molecular formula is C24H27N3O. The SMILES string of the molecule is Cc1nn(-c2ccccc2)c(C)c1CCC(=O)N[C@H]1CCCc2ccccc21. The van der Waals surface area contributed by atoms with Crippen LogP contribution in [-0.4, -0.2) is 15.7 Å². The van der Waals surface area contributed by atoms with Crippen LogP contribution in [0.2, 0.25) is 0 Å². The predicted molar refractivity (Wildman–Crippen MR) is 112 cm³/mol. The molecule has 0 spiro atoms. The monoisotopic (exact) mass is 373 g/mol. The third kappa shape index (κ3) is 3.72. The zero-order valence-corrected chi connectivity index (χ0v) is 16.6. The Bertz CT molecular complexity index is 975. The van der Waals surface area contributed by atoms with Gasteiger partial charge in [0.25, 0.3) is 0 Å². The summed E-state index contributed by atoms with van der Waals surface area (Å²) in [4.78, 5) is 12.7. The van der Waals surface area contributed by atoms with Crippen LogP contribution in [0.1, 0.15) is 53.4 Å². The first-order chi connectivity index (χ1) is 13.6. The van der Waals surface area contributed by atoms with Gasteiger partial charge in [0.05, 0.1) is 17.4 Å². The molecule has 4 nitrogen and oxygen atoms in total. The lowest BCUT2D eigenvalue weighted by atomic mass is 9.87. The van der Waals surface area contributed by atoms with Crippen LogP contribution in [0, 0.1) is 13.8 Å². The number of hydrogen-bond acceptors (Lipinski definition) is 2. The number of aromatic nitrogens is 2. The lowest BCUT2D eigenvalue weighted by Gasteiger charge is -2.26. The fraction of sp³-hybridized carbons (Fsp3) is 0.333. The summed E-state index contributed by atoms with van der Waals surface area (Å²) in [6.07, 6.45) is 4.46. The number of aryl methyl sites for hydroxylation is 2. The van der Waals surface area contributed by atoms with Gasteiger partial charge in [-0.15, -0.1) is 0 Å². The van der Waals surface area contributed by atoms with E-state index in [1.807, 2.05) is 29.8 Å². The first-order valence-electron chi connectivity index (χ1n) is 10.1. The third-order valence-electron chi connectivity index (χ3n) is 5.75. The van der Waals surface area contributed by atoms with Crippen LogP contribution in [-0.2, 0) is 17.6 Å². The maximum Gasteiger partial charge on any atom is 0.220 e. The van der Waals surface area contributed by atoms with Gasteiger partial charge in [0.2, 0.25) is 5.91 Å². The molecule has 1 aromatic heterocycles. The predicted octanol–water partition coefficient (Wildman–Crippen LogP) is 4.62. The van der Waals surface area contributed by atoms with Gasteiger partial charge >= 0.3 is 0 Å². The number of carbonyl (C=O) groups is 1. The van der Waals surface area contributed by atoms with Gasteiger partial charge in [-0.25, -0.2) is 4.68 Å². The molecule has 1 amide bonds. The molecule has 0 radical (unpaired) electrons. The summed E-state index contributed by atoms with van der Waals surface area (Å²) in [7, 11) is 0. The van der Waals surface area contributed by atoms with E-state index in [9.17, 15) is 4.79 Å².